The van der Waals surface area contributed by atoms with Crippen LogP contribution in [0.2, 0.25) is 0 Å². The topological polar surface area (TPSA) is 115 Å². The van der Waals surface area contributed by atoms with Crippen molar-refractivity contribution in [2.24, 2.45) is 0 Å². The van der Waals surface area contributed by atoms with Gasteiger partial charge in [0, 0.05) is 43.0 Å². The zero-order valence-electron chi connectivity index (χ0n) is 28.2. The van der Waals surface area contributed by atoms with Crippen LogP contribution in [0.15, 0.2) is 122 Å². The molecule has 2 amide bonds. The highest BCUT2D eigenvalue weighted by Gasteiger charge is 2.36. The number of para-hydroxylation sites is 1. The first-order chi connectivity index (χ1) is 25.0. The number of fused-ring (bicyclic) bond motifs is 4. The Morgan fingerprint density at radius 3 is 2.43 bits per heavy atom. The van der Waals surface area contributed by atoms with Crippen LogP contribution in [0.1, 0.15) is 35.9 Å². The van der Waals surface area contributed by atoms with Gasteiger partial charge >= 0.3 is 5.97 Å². The lowest BCUT2D eigenvalue weighted by atomic mass is 9.93. The maximum absolute atomic E-state index is 14.3. The number of esters is 1. The summed E-state index contributed by atoms with van der Waals surface area (Å²) < 4.78 is 15.3. The molecule has 0 saturated heterocycles. The number of aromatic nitrogens is 2. The van der Waals surface area contributed by atoms with Crippen molar-refractivity contribution in [1.82, 2.24) is 20.2 Å². The van der Waals surface area contributed by atoms with Crippen LogP contribution in [0.3, 0.4) is 0 Å². The van der Waals surface area contributed by atoms with Gasteiger partial charge in [0.25, 0.3) is 0 Å². The van der Waals surface area contributed by atoms with E-state index in [1.807, 2.05) is 91.1 Å². The average Bonchev–Trinajstić information content (AvgIpc) is 3.80. The quantitative estimate of drug-likeness (QED) is 0.159. The summed E-state index contributed by atoms with van der Waals surface area (Å²) in [7, 11) is 0. The lowest BCUT2D eigenvalue weighted by Crippen LogP contribution is -2.50. The van der Waals surface area contributed by atoms with E-state index in [0.717, 1.165) is 39.1 Å². The van der Waals surface area contributed by atoms with E-state index < -0.39 is 24.0 Å². The number of pyridine rings is 1. The van der Waals surface area contributed by atoms with E-state index in [4.69, 9.17) is 9.47 Å². The first-order valence-electron chi connectivity index (χ1n) is 17.3. The molecular formula is C41H40N5O5+. The fourth-order valence-corrected chi connectivity index (χ4v) is 6.68. The van der Waals surface area contributed by atoms with Gasteiger partial charge < -0.3 is 24.7 Å². The van der Waals surface area contributed by atoms with Crippen LogP contribution in [0, 0.1) is 0 Å². The Labute approximate surface area is 296 Å². The number of amides is 2. The van der Waals surface area contributed by atoms with Crippen LogP contribution >= 0.6 is 0 Å². The maximum Gasteiger partial charge on any atom is 0.308 e. The summed E-state index contributed by atoms with van der Waals surface area (Å²) in [5, 5.41) is 5.95. The molecule has 0 aliphatic carbocycles. The number of hydrogen-bond acceptors (Lipinski definition) is 6. The van der Waals surface area contributed by atoms with Crippen molar-refractivity contribution in [3.05, 3.63) is 133 Å². The molecule has 5 aromatic rings. The standard InChI is InChI=1S/C41H39N5O5/c47-39(51-28-29-6-2-1-3-7-29)25-38(45-20-16-33(26-45)31-12-10-30(11-13-31)32-14-17-42-18-15-32)41(49)44-36-24-34-27-46(37-9-5-4-8-35(34)37)21-23-50-22-19-43-40(36)48/h1-18,20,26-27,34,36,38H,19,21-25,28H2,(H-,43,44,48,49)/p+1/t34?,36-,38+/m0/s1. The molecule has 2 N–H and O–H groups in total. The predicted molar refractivity (Wildman–Crippen MR) is 193 cm³/mol. The predicted octanol–water partition coefficient (Wildman–Crippen LogP) is 5.43. The van der Waals surface area contributed by atoms with Crippen molar-refractivity contribution in [3.63, 3.8) is 0 Å². The smallest absolute Gasteiger partial charge is 0.308 e. The first kappa shape index (κ1) is 33.6. The van der Waals surface area contributed by atoms with E-state index in [-0.39, 0.29) is 24.9 Å². The summed E-state index contributed by atoms with van der Waals surface area (Å²) in [6.45, 7) is 1.99. The van der Waals surface area contributed by atoms with Crippen LogP contribution in [0.25, 0.3) is 22.3 Å². The SMILES string of the molecule is O=C(C[C@H](C(=O)N[C@H]1CC2C=[N+](CCOCCNC1=O)c1ccccc12)n1ccc(-c2ccc(-c3ccncc3)cc2)c1)OCc1ccccc1. The van der Waals surface area contributed by atoms with Gasteiger partial charge in [-0.25, -0.2) is 0 Å². The fraction of sp³-hybridized carbons (Fsp3) is 0.244. The molecule has 2 aliphatic heterocycles. The molecule has 2 aliphatic rings. The third-order valence-corrected chi connectivity index (χ3v) is 9.36. The zero-order chi connectivity index (χ0) is 35.0. The van der Waals surface area contributed by atoms with Crippen LogP contribution in [-0.2, 0) is 30.5 Å². The van der Waals surface area contributed by atoms with Crippen LogP contribution in [-0.4, -0.2) is 70.5 Å². The number of nitrogens with one attached hydrogen (secondary N) is 2. The molecule has 1 unspecified atom stereocenters. The van der Waals surface area contributed by atoms with Crippen molar-refractivity contribution in [3.8, 4) is 22.3 Å². The van der Waals surface area contributed by atoms with Gasteiger partial charge in [0.2, 0.25) is 17.5 Å². The van der Waals surface area contributed by atoms with E-state index in [2.05, 4.69) is 38.5 Å². The fourth-order valence-electron chi connectivity index (χ4n) is 6.68. The lowest BCUT2D eigenvalue weighted by Gasteiger charge is -2.24. The van der Waals surface area contributed by atoms with Crippen LogP contribution in [0.5, 0.6) is 0 Å². The summed E-state index contributed by atoms with van der Waals surface area (Å²) >= 11 is 0. The van der Waals surface area contributed by atoms with Crippen molar-refractivity contribution in [1.29, 1.82) is 0 Å². The Balaban J connectivity index is 1.14. The van der Waals surface area contributed by atoms with E-state index in [1.54, 1.807) is 23.2 Å². The number of benzene rings is 3. The molecule has 10 heteroatoms. The normalized spacial score (nSPS) is 17.9. The van der Waals surface area contributed by atoms with Crippen molar-refractivity contribution >= 4 is 29.7 Å². The van der Waals surface area contributed by atoms with Gasteiger partial charge in [-0.3, -0.25) is 19.4 Å². The molecule has 2 bridgehead atoms. The van der Waals surface area contributed by atoms with Crippen molar-refractivity contribution in [2.75, 3.05) is 26.3 Å². The highest BCUT2D eigenvalue weighted by Crippen LogP contribution is 2.34. The Kier molecular flexibility index (Phi) is 10.4. The lowest BCUT2D eigenvalue weighted by molar-refractivity contribution is -0.437. The van der Waals surface area contributed by atoms with Gasteiger partial charge in [-0.2, -0.15) is 4.58 Å². The minimum absolute atomic E-state index is 0.0926. The molecule has 0 radical (unpaired) electrons. The number of carbonyl (C=O) groups is 3. The third-order valence-electron chi connectivity index (χ3n) is 9.36. The molecule has 0 spiro atoms. The second-order valence-corrected chi connectivity index (χ2v) is 12.7. The van der Waals surface area contributed by atoms with E-state index in [9.17, 15) is 14.4 Å². The average molecular weight is 683 g/mol. The van der Waals surface area contributed by atoms with Crippen molar-refractivity contribution < 1.29 is 28.4 Å². The summed E-state index contributed by atoms with van der Waals surface area (Å²) in [4.78, 5) is 45.3. The monoisotopic (exact) mass is 682 g/mol. The van der Waals surface area contributed by atoms with E-state index >= 15 is 0 Å². The molecule has 4 heterocycles. The number of rotatable bonds is 9. The molecule has 51 heavy (non-hydrogen) atoms. The highest BCUT2D eigenvalue weighted by molar-refractivity contribution is 5.91. The Hall–Kier alpha value is -5.87. The molecule has 0 fully saturated rings. The first-order valence-corrected chi connectivity index (χ1v) is 17.3. The summed E-state index contributed by atoms with van der Waals surface area (Å²) in [6, 6.07) is 29.7. The molecule has 258 valence electrons. The Morgan fingerprint density at radius 1 is 0.902 bits per heavy atom. The number of carbonyl (C=O) groups excluding carboxylic acids is 3. The molecule has 10 nitrogen and oxygen atoms in total. The van der Waals surface area contributed by atoms with Gasteiger partial charge in [0.05, 0.1) is 18.9 Å². The Morgan fingerprint density at radius 2 is 1.63 bits per heavy atom. The molecule has 7 rings (SSSR count). The van der Waals surface area contributed by atoms with E-state index in [0.29, 0.717) is 32.7 Å². The molecule has 3 atom stereocenters. The second-order valence-electron chi connectivity index (χ2n) is 12.7. The number of hydrogen-bond donors (Lipinski definition) is 2. The number of ether oxygens (including phenoxy) is 2. The Bertz CT molecular complexity index is 2010. The largest absolute Gasteiger partial charge is 0.461 e. The summed E-state index contributed by atoms with van der Waals surface area (Å²) in [6.07, 6.45) is 9.42. The minimum atomic E-state index is -0.966. The van der Waals surface area contributed by atoms with Gasteiger partial charge in [0.1, 0.15) is 25.3 Å². The third kappa shape index (κ3) is 8.13. The molecule has 2 aromatic heterocycles. The summed E-state index contributed by atoms with van der Waals surface area (Å²) in [5.41, 5.74) is 6.98. The highest BCUT2D eigenvalue weighted by atomic mass is 16.5. The van der Waals surface area contributed by atoms with Gasteiger partial charge in [-0.05, 0) is 52.4 Å². The van der Waals surface area contributed by atoms with Gasteiger partial charge in [0.15, 0.2) is 12.8 Å². The number of nitrogens with zero attached hydrogens (tertiary/aromatic N) is 3. The molecule has 3 aromatic carbocycles. The van der Waals surface area contributed by atoms with Gasteiger partial charge in [-0.1, -0.05) is 72.8 Å². The van der Waals surface area contributed by atoms with Gasteiger partial charge in [-0.15, -0.1) is 0 Å². The van der Waals surface area contributed by atoms with Crippen LogP contribution < -0.4 is 10.6 Å². The maximum atomic E-state index is 14.3. The molecule has 0 saturated carbocycles. The summed E-state index contributed by atoms with van der Waals surface area (Å²) in [5.74, 6) is -1.37. The second kappa shape index (κ2) is 15.8. The molecular weight excluding hydrogens is 642 g/mol. The zero-order valence-corrected chi connectivity index (χ0v) is 28.2. The minimum Gasteiger partial charge on any atom is -0.461 e. The van der Waals surface area contributed by atoms with E-state index in [1.165, 1.54) is 0 Å². The van der Waals surface area contributed by atoms with Crippen molar-refractivity contribution in [2.45, 2.75) is 37.5 Å². The van der Waals surface area contributed by atoms with Crippen LogP contribution in [0.4, 0.5) is 5.69 Å².